The first-order valence-electron chi connectivity index (χ1n) is 6.92. The molecule has 1 amide bonds. The van der Waals surface area contributed by atoms with Crippen LogP contribution in [0.25, 0.3) is 0 Å². The summed E-state index contributed by atoms with van der Waals surface area (Å²) >= 11 is 0. The summed E-state index contributed by atoms with van der Waals surface area (Å²) in [6.45, 7) is 1.92. The summed E-state index contributed by atoms with van der Waals surface area (Å²) in [4.78, 5) is 24.3. The Hall–Kier alpha value is -2.15. The van der Waals surface area contributed by atoms with Gasteiger partial charge in [-0.15, -0.1) is 0 Å². The zero-order chi connectivity index (χ0) is 14.5. The second-order valence-electron chi connectivity index (χ2n) is 5.30. The number of benzene rings is 1. The summed E-state index contributed by atoms with van der Waals surface area (Å²) in [5.41, 5.74) is 1.63. The van der Waals surface area contributed by atoms with E-state index in [1.807, 2.05) is 31.2 Å². The van der Waals surface area contributed by atoms with Gasteiger partial charge in [0.15, 0.2) is 11.7 Å². The van der Waals surface area contributed by atoms with E-state index in [4.69, 9.17) is 5.26 Å². The maximum atomic E-state index is 12.2. The number of hydrogen-bond donors (Lipinski definition) is 1. The van der Waals surface area contributed by atoms with E-state index in [0.717, 1.165) is 31.2 Å². The summed E-state index contributed by atoms with van der Waals surface area (Å²) in [5, 5.41) is 11.8. The predicted molar refractivity (Wildman–Crippen MR) is 75.9 cm³/mol. The molecule has 1 aliphatic carbocycles. The van der Waals surface area contributed by atoms with Crippen LogP contribution in [0, 0.1) is 30.1 Å². The first kappa shape index (κ1) is 14.3. The van der Waals surface area contributed by atoms with Crippen molar-refractivity contribution in [2.75, 3.05) is 5.32 Å². The van der Waals surface area contributed by atoms with E-state index in [0.29, 0.717) is 5.69 Å². The van der Waals surface area contributed by atoms with E-state index in [9.17, 15) is 9.59 Å². The molecule has 0 heterocycles. The predicted octanol–water partition coefficient (Wildman–Crippen LogP) is 2.83. The molecule has 1 saturated carbocycles. The van der Waals surface area contributed by atoms with Crippen molar-refractivity contribution in [3.63, 3.8) is 0 Å². The highest BCUT2D eigenvalue weighted by Crippen LogP contribution is 2.28. The first-order chi connectivity index (χ1) is 9.61. The maximum absolute atomic E-state index is 12.2. The highest BCUT2D eigenvalue weighted by Gasteiger charge is 2.33. The number of nitriles is 1. The van der Waals surface area contributed by atoms with E-state index < -0.39 is 11.8 Å². The molecule has 2 rings (SSSR count). The third kappa shape index (κ3) is 3.24. The van der Waals surface area contributed by atoms with Crippen LogP contribution in [0.5, 0.6) is 0 Å². The Kier molecular flexibility index (Phi) is 4.52. The van der Waals surface area contributed by atoms with Crippen molar-refractivity contribution < 1.29 is 9.59 Å². The average molecular weight is 270 g/mol. The molecule has 0 bridgehead atoms. The van der Waals surface area contributed by atoms with Crippen LogP contribution in [-0.4, -0.2) is 11.7 Å². The Balaban J connectivity index is 2.05. The Morgan fingerprint density at radius 3 is 2.65 bits per heavy atom. The fourth-order valence-corrected chi connectivity index (χ4v) is 2.63. The number of amides is 1. The van der Waals surface area contributed by atoms with Gasteiger partial charge in [0.05, 0.1) is 6.07 Å². The number of aryl methyl sites for hydroxylation is 1. The highest BCUT2D eigenvalue weighted by atomic mass is 16.2. The Bertz CT molecular complexity index is 554. The van der Waals surface area contributed by atoms with E-state index in [2.05, 4.69) is 5.32 Å². The molecular weight excluding hydrogens is 252 g/mol. The molecule has 0 radical (unpaired) electrons. The van der Waals surface area contributed by atoms with Crippen LogP contribution in [0.2, 0.25) is 0 Å². The Morgan fingerprint density at radius 1 is 1.35 bits per heavy atom. The van der Waals surface area contributed by atoms with Gasteiger partial charge in [0.1, 0.15) is 0 Å². The minimum Gasteiger partial charge on any atom is -0.325 e. The van der Waals surface area contributed by atoms with Gasteiger partial charge >= 0.3 is 0 Å². The third-order valence-electron chi connectivity index (χ3n) is 3.72. The highest BCUT2D eigenvalue weighted by molar-refractivity contribution is 6.10. The second kappa shape index (κ2) is 6.33. The summed E-state index contributed by atoms with van der Waals surface area (Å²) in [7, 11) is 0. The lowest BCUT2D eigenvalue weighted by molar-refractivity contribution is -0.131. The van der Waals surface area contributed by atoms with Crippen LogP contribution in [0.4, 0.5) is 5.69 Å². The monoisotopic (exact) mass is 270 g/mol. The number of Topliss-reactive ketones (excluding diaryl/α,β-unsaturated/α-hetero) is 1. The SMILES string of the molecule is Cc1cccc(NC(=O)C(C#N)C(=O)C2CCCC2)c1. The quantitative estimate of drug-likeness (QED) is 0.855. The van der Waals surface area contributed by atoms with Gasteiger partial charge in [0.25, 0.3) is 0 Å². The first-order valence-corrected chi connectivity index (χ1v) is 6.92. The molecule has 4 heteroatoms. The van der Waals surface area contributed by atoms with Crippen LogP contribution in [0.1, 0.15) is 31.2 Å². The molecule has 1 aromatic rings. The van der Waals surface area contributed by atoms with Crippen LogP contribution in [0.3, 0.4) is 0 Å². The summed E-state index contributed by atoms with van der Waals surface area (Å²) in [5.74, 6) is -2.06. The molecule has 1 unspecified atom stereocenters. The van der Waals surface area contributed by atoms with Gasteiger partial charge in [-0.1, -0.05) is 25.0 Å². The Morgan fingerprint density at radius 2 is 2.05 bits per heavy atom. The number of anilines is 1. The summed E-state index contributed by atoms with van der Waals surface area (Å²) < 4.78 is 0. The van der Waals surface area contributed by atoms with Gasteiger partial charge in [-0.2, -0.15) is 5.26 Å². The summed E-state index contributed by atoms with van der Waals surface area (Å²) in [6, 6.07) is 9.16. The molecule has 20 heavy (non-hydrogen) atoms. The number of rotatable bonds is 4. The van der Waals surface area contributed by atoms with E-state index >= 15 is 0 Å². The minimum atomic E-state index is -1.20. The van der Waals surface area contributed by atoms with Crippen molar-refractivity contribution in [3.05, 3.63) is 29.8 Å². The van der Waals surface area contributed by atoms with Crippen LogP contribution < -0.4 is 5.32 Å². The van der Waals surface area contributed by atoms with Crippen molar-refractivity contribution in [1.82, 2.24) is 0 Å². The molecule has 0 aliphatic heterocycles. The van der Waals surface area contributed by atoms with Crippen molar-refractivity contribution in [3.8, 4) is 6.07 Å². The van der Waals surface area contributed by atoms with Crippen molar-refractivity contribution >= 4 is 17.4 Å². The Labute approximate surface area is 118 Å². The minimum absolute atomic E-state index is 0.122. The number of nitrogens with one attached hydrogen (secondary N) is 1. The van der Waals surface area contributed by atoms with Gasteiger partial charge in [-0.05, 0) is 37.5 Å². The number of ketones is 1. The van der Waals surface area contributed by atoms with Crippen molar-refractivity contribution in [2.24, 2.45) is 11.8 Å². The van der Waals surface area contributed by atoms with Crippen molar-refractivity contribution in [1.29, 1.82) is 5.26 Å². The molecule has 1 N–H and O–H groups in total. The van der Waals surface area contributed by atoms with Crippen LogP contribution >= 0.6 is 0 Å². The molecule has 0 aromatic heterocycles. The number of hydrogen-bond acceptors (Lipinski definition) is 3. The van der Waals surface area contributed by atoms with Crippen LogP contribution in [0.15, 0.2) is 24.3 Å². The second-order valence-corrected chi connectivity index (χ2v) is 5.30. The molecule has 1 aromatic carbocycles. The van der Waals surface area contributed by atoms with Gasteiger partial charge in [0, 0.05) is 11.6 Å². The third-order valence-corrected chi connectivity index (χ3v) is 3.72. The summed E-state index contributed by atoms with van der Waals surface area (Å²) in [6.07, 6.45) is 3.62. The van der Waals surface area contributed by atoms with E-state index in [1.54, 1.807) is 6.07 Å². The molecule has 104 valence electrons. The smallest absolute Gasteiger partial charge is 0.249 e. The van der Waals surface area contributed by atoms with Gasteiger partial charge in [-0.3, -0.25) is 9.59 Å². The number of nitrogens with zero attached hydrogens (tertiary/aromatic N) is 1. The van der Waals surface area contributed by atoms with E-state index in [-0.39, 0.29) is 11.7 Å². The molecule has 1 aliphatic rings. The standard InChI is InChI=1S/C16H18N2O2/c1-11-5-4-8-13(9-11)18-16(20)14(10-17)15(19)12-6-2-3-7-12/h4-5,8-9,12,14H,2-3,6-7H2,1H3,(H,18,20). The lowest BCUT2D eigenvalue weighted by Gasteiger charge is -2.13. The zero-order valence-electron chi connectivity index (χ0n) is 11.6. The lowest BCUT2D eigenvalue weighted by atomic mass is 9.92. The van der Waals surface area contributed by atoms with Gasteiger partial charge in [0.2, 0.25) is 5.91 Å². The van der Waals surface area contributed by atoms with Gasteiger partial charge in [-0.25, -0.2) is 0 Å². The molecule has 0 spiro atoms. The average Bonchev–Trinajstić information content (AvgIpc) is 2.93. The van der Waals surface area contributed by atoms with Crippen molar-refractivity contribution in [2.45, 2.75) is 32.6 Å². The largest absolute Gasteiger partial charge is 0.325 e. The van der Waals surface area contributed by atoms with E-state index in [1.165, 1.54) is 0 Å². The molecule has 1 atom stereocenters. The van der Waals surface area contributed by atoms with Gasteiger partial charge < -0.3 is 5.32 Å². The lowest BCUT2D eigenvalue weighted by Crippen LogP contribution is -2.32. The molecule has 1 fully saturated rings. The van der Waals surface area contributed by atoms with Crippen LogP contribution in [-0.2, 0) is 9.59 Å². The fraction of sp³-hybridized carbons (Fsp3) is 0.438. The fourth-order valence-electron chi connectivity index (χ4n) is 2.63. The number of carbonyl (C=O) groups excluding carboxylic acids is 2. The topological polar surface area (TPSA) is 70.0 Å². The molecule has 0 saturated heterocycles. The number of carbonyl (C=O) groups is 2. The zero-order valence-corrected chi connectivity index (χ0v) is 11.6. The normalized spacial score (nSPS) is 16.4. The molecule has 4 nitrogen and oxygen atoms in total. The maximum Gasteiger partial charge on any atom is 0.249 e. The molecular formula is C16H18N2O2.